The third-order valence-corrected chi connectivity index (χ3v) is 4.18. The van der Waals surface area contributed by atoms with E-state index in [-0.39, 0.29) is 24.2 Å². The fraction of sp³-hybridized carbons (Fsp3) is 0.316. The van der Waals surface area contributed by atoms with Gasteiger partial charge in [0.05, 0.1) is 6.54 Å². The number of nitrogens with one attached hydrogen (secondary N) is 1. The van der Waals surface area contributed by atoms with Gasteiger partial charge in [0, 0.05) is 24.7 Å². The van der Waals surface area contributed by atoms with Crippen LogP contribution >= 0.6 is 11.6 Å². The summed E-state index contributed by atoms with van der Waals surface area (Å²) in [4.78, 5) is 13.8. The highest BCUT2D eigenvalue weighted by molar-refractivity contribution is 6.30. The molecule has 1 unspecified atom stereocenters. The van der Waals surface area contributed by atoms with Crippen molar-refractivity contribution in [3.05, 3.63) is 64.7 Å². The maximum absolute atomic E-state index is 12.3. The Morgan fingerprint density at radius 2 is 1.77 bits per heavy atom. The SMILES string of the molecule is CC(NCC(=O)N(C)Cc1ccc(OC(F)F)cc1)c1ccc(Cl)cc1. The number of benzene rings is 2. The number of nitrogens with zero attached hydrogens (tertiary/aromatic N) is 1. The van der Waals surface area contributed by atoms with E-state index in [4.69, 9.17) is 11.6 Å². The number of carbonyl (C=O) groups excluding carboxylic acids is 1. The number of amides is 1. The van der Waals surface area contributed by atoms with E-state index in [1.807, 2.05) is 31.2 Å². The molecule has 1 amide bonds. The molecule has 0 aliphatic rings. The van der Waals surface area contributed by atoms with Gasteiger partial charge in [-0.15, -0.1) is 0 Å². The molecule has 4 nitrogen and oxygen atoms in total. The predicted molar refractivity (Wildman–Crippen MR) is 97.4 cm³/mol. The van der Waals surface area contributed by atoms with E-state index in [0.29, 0.717) is 11.6 Å². The lowest BCUT2D eigenvalue weighted by Crippen LogP contribution is -2.36. The van der Waals surface area contributed by atoms with Crippen LogP contribution in [0.3, 0.4) is 0 Å². The molecule has 26 heavy (non-hydrogen) atoms. The molecular weight excluding hydrogens is 362 g/mol. The Morgan fingerprint density at radius 1 is 1.15 bits per heavy atom. The summed E-state index contributed by atoms with van der Waals surface area (Å²) in [5.74, 6) is 0.0231. The van der Waals surface area contributed by atoms with Crippen LogP contribution in [0.4, 0.5) is 8.78 Å². The summed E-state index contributed by atoms with van der Waals surface area (Å²) in [7, 11) is 1.69. The molecular formula is C19H21ClF2N2O2. The zero-order valence-electron chi connectivity index (χ0n) is 14.6. The minimum absolute atomic E-state index is 0.00963. The van der Waals surface area contributed by atoms with Crippen molar-refractivity contribution in [2.45, 2.75) is 26.1 Å². The van der Waals surface area contributed by atoms with Gasteiger partial charge < -0.3 is 15.0 Å². The Morgan fingerprint density at radius 3 is 2.35 bits per heavy atom. The van der Waals surface area contributed by atoms with Gasteiger partial charge in [-0.1, -0.05) is 35.9 Å². The molecule has 1 atom stereocenters. The second-order valence-electron chi connectivity index (χ2n) is 5.93. The van der Waals surface area contributed by atoms with Gasteiger partial charge in [0.2, 0.25) is 5.91 Å². The average molecular weight is 383 g/mol. The van der Waals surface area contributed by atoms with Crippen molar-refractivity contribution < 1.29 is 18.3 Å². The minimum Gasteiger partial charge on any atom is -0.435 e. The summed E-state index contributed by atoms with van der Waals surface area (Å²) in [6.07, 6.45) is 0. The van der Waals surface area contributed by atoms with Crippen LogP contribution in [0.1, 0.15) is 24.1 Å². The van der Waals surface area contributed by atoms with E-state index in [1.165, 1.54) is 12.1 Å². The number of rotatable bonds is 8. The van der Waals surface area contributed by atoms with E-state index in [2.05, 4.69) is 10.1 Å². The van der Waals surface area contributed by atoms with Gasteiger partial charge in [-0.25, -0.2) is 0 Å². The first kappa shape index (κ1) is 20.1. The molecule has 2 aromatic rings. The number of halogens is 3. The summed E-state index contributed by atoms with van der Waals surface area (Å²) in [5.41, 5.74) is 1.87. The maximum atomic E-state index is 12.3. The first-order valence-electron chi connectivity index (χ1n) is 8.11. The molecule has 140 valence electrons. The molecule has 0 saturated carbocycles. The summed E-state index contributed by atoms with van der Waals surface area (Å²) < 4.78 is 28.6. The third-order valence-electron chi connectivity index (χ3n) is 3.92. The zero-order chi connectivity index (χ0) is 19.1. The van der Waals surface area contributed by atoms with Gasteiger partial charge in [0.25, 0.3) is 0 Å². The van der Waals surface area contributed by atoms with Crippen LogP contribution in [0.2, 0.25) is 5.02 Å². The van der Waals surface area contributed by atoms with Gasteiger partial charge in [0.15, 0.2) is 0 Å². The second kappa shape index (κ2) is 9.50. The van der Waals surface area contributed by atoms with Gasteiger partial charge in [-0.05, 0) is 42.3 Å². The lowest BCUT2D eigenvalue weighted by atomic mass is 10.1. The first-order chi connectivity index (χ1) is 12.3. The zero-order valence-corrected chi connectivity index (χ0v) is 15.3. The molecule has 0 radical (unpaired) electrons. The Bertz CT molecular complexity index is 708. The molecule has 0 heterocycles. The topological polar surface area (TPSA) is 41.6 Å². The van der Waals surface area contributed by atoms with Crippen molar-refractivity contribution in [2.24, 2.45) is 0 Å². The Hall–Kier alpha value is -2.18. The minimum atomic E-state index is -2.85. The smallest absolute Gasteiger partial charge is 0.387 e. The molecule has 0 aliphatic carbocycles. The summed E-state index contributed by atoms with van der Waals surface area (Å²) in [6.45, 7) is -0.311. The first-order valence-corrected chi connectivity index (χ1v) is 8.49. The average Bonchev–Trinajstić information content (AvgIpc) is 2.61. The lowest BCUT2D eigenvalue weighted by Gasteiger charge is -2.20. The van der Waals surface area contributed by atoms with Gasteiger partial charge >= 0.3 is 6.61 Å². The molecule has 0 aliphatic heterocycles. The van der Waals surface area contributed by atoms with Crippen LogP contribution in [0, 0.1) is 0 Å². The second-order valence-corrected chi connectivity index (χ2v) is 6.36. The quantitative estimate of drug-likeness (QED) is 0.742. The summed E-state index contributed by atoms with van der Waals surface area (Å²) in [5, 5.41) is 3.85. The number of likely N-dealkylation sites (N-methyl/N-ethyl adjacent to an activating group) is 1. The number of ether oxygens (including phenoxy) is 1. The molecule has 1 N–H and O–H groups in total. The highest BCUT2D eigenvalue weighted by Crippen LogP contribution is 2.17. The third kappa shape index (κ3) is 6.28. The lowest BCUT2D eigenvalue weighted by molar-refractivity contribution is -0.129. The van der Waals surface area contributed by atoms with E-state index in [0.717, 1.165) is 11.1 Å². The molecule has 0 fully saturated rings. The number of hydrogen-bond acceptors (Lipinski definition) is 3. The highest BCUT2D eigenvalue weighted by Gasteiger charge is 2.12. The van der Waals surface area contributed by atoms with E-state index in [1.54, 1.807) is 24.1 Å². The van der Waals surface area contributed by atoms with Gasteiger partial charge in [-0.2, -0.15) is 8.78 Å². The van der Waals surface area contributed by atoms with Crippen molar-refractivity contribution >= 4 is 17.5 Å². The standard InChI is InChI=1S/C19H21ClF2N2O2/c1-13(15-5-7-16(20)8-6-15)23-11-18(25)24(2)12-14-3-9-17(10-4-14)26-19(21)22/h3-10,13,19,23H,11-12H2,1-2H3. The van der Waals surface area contributed by atoms with Crippen LogP contribution in [-0.4, -0.2) is 31.0 Å². The Balaban J connectivity index is 1.82. The molecule has 0 aromatic heterocycles. The predicted octanol–water partition coefficient (Wildman–Crippen LogP) is 4.25. The molecule has 7 heteroatoms. The summed E-state index contributed by atoms with van der Waals surface area (Å²) in [6, 6.07) is 13.7. The largest absolute Gasteiger partial charge is 0.435 e. The Labute approximate surface area is 156 Å². The van der Waals surface area contributed by atoms with Crippen LogP contribution < -0.4 is 10.1 Å². The van der Waals surface area contributed by atoms with Crippen molar-refractivity contribution in [3.8, 4) is 5.75 Å². The number of carbonyl (C=O) groups is 1. The van der Waals surface area contributed by atoms with Crippen LogP contribution in [0.25, 0.3) is 0 Å². The van der Waals surface area contributed by atoms with Crippen molar-refractivity contribution in [3.63, 3.8) is 0 Å². The highest BCUT2D eigenvalue weighted by atomic mass is 35.5. The molecule has 0 saturated heterocycles. The van der Waals surface area contributed by atoms with Crippen LogP contribution in [0.15, 0.2) is 48.5 Å². The van der Waals surface area contributed by atoms with Crippen LogP contribution in [-0.2, 0) is 11.3 Å². The monoisotopic (exact) mass is 382 g/mol. The van der Waals surface area contributed by atoms with Crippen molar-refractivity contribution in [2.75, 3.05) is 13.6 Å². The number of hydrogen-bond donors (Lipinski definition) is 1. The van der Waals surface area contributed by atoms with Crippen molar-refractivity contribution in [1.82, 2.24) is 10.2 Å². The van der Waals surface area contributed by atoms with E-state index < -0.39 is 6.61 Å². The summed E-state index contributed by atoms with van der Waals surface area (Å²) >= 11 is 5.87. The molecule has 2 aromatic carbocycles. The van der Waals surface area contributed by atoms with E-state index >= 15 is 0 Å². The fourth-order valence-electron chi connectivity index (χ4n) is 2.38. The molecule has 0 spiro atoms. The normalized spacial score (nSPS) is 12.1. The Kier molecular flexibility index (Phi) is 7.36. The van der Waals surface area contributed by atoms with E-state index in [9.17, 15) is 13.6 Å². The van der Waals surface area contributed by atoms with Gasteiger partial charge in [-0.3, -0.25) is 4.79 Å². The fourth-order valence-corrected chi connectivity index (χ4v) is 2.51. The maximum Gasteiger partial charge on any atom is 0.387 e. The van der Waals surface area contributed by atoms with Crippen LogP contribution in [0.5, 0.6) is 5.75 Å². The number of alkyl halides is 2. The van der Waals surface area contributed by atoms with Crippen molar-refractivity contribution in [1.29, 1.82) is 0 Å². The molecule has 2 rings (SSSR count). The molecule has 0 bridgehead atoms. The van der Waals surface area contributed by atoms with Gasteiger partial charge in [0.1, 0.15) is 5.75 Å².